The van der Waals surface area contributed by atoms with Crippen molar-refractivity contribution in [3.63, 3.8) is 0 Å². The Balaban J connectivity index is 1.32. The van der Waals surface area contributed by atoms with Gasteiger partial charge in [0.2, 0.25) is 21.8 Å². The number of rotatable bonds is 7. The average Bonchev–Trinajstić information content (AvgIpc) is 3.20. The number of carbonyl (C=O) groups excluding carboxylic acids is 2. The first-order valence-electron chi connectivity index (χ1n) is 11.7. The van der Waals surface area contributed by atoms with Gasteiger partial charge in [0.25, 0.3) is 0 Å². The molecule has 34 heavy (non-hydrogen) atoms. The summed E-state index contributed by atoms with van der Waals surface area (Å²) in [5.74, 6) is -0.785. The van der Waals surface area contributed by atoms with Crippen molar-refractivity contribution in [3.8, 4) is 0 Å². The second-order valence-electron chi connectivity index (χ2n) is 9.24. The Kier molecular flexibility index (Phi) is 7.33. The number of nitrogens with one attached hydrogen (secondary N) is 1. The molecular formula is C25H30FN3O4S. The maximum Gasteiger partial charge on any atom is 0.243 e. The van der Waals surface area contributed by atoms with Gasteiger partial charge in [-0.3, -0.25) is 9.59 Å². The number of hydrogen-bond acceptors (Lipinski definition) is 4. The minimum atomic E-state index is -3.55. The van der Waals surface area contributed by atoms with Gasteiger partial charge in [-0.05, 0) is 67.1 Å². The summed E-state index contributed by atoms with van der Waals surface area (Å²) in [5.41, 5.74) is 1.42. The molecule has 1 N–H and O–H groups in total. The standard InChI is InChI=1S/C25H30FN3O4S/c1-18-3-2-13-29(16-18)34(32,33)23-10-8-22(9-11-23)27-25(31)20-15-24(30)28(17-20)14-12-19-4-6-21(26)7-5-19/h4-11,18,20H,2-3,12-17H2,1H3,(H,27,31)/t18-,20-/m0/s1. The van der Waals surface area contributed by atoms with Crippen molar-refractivity contribution in [2.45, 2.75) is 37.5 Å². The molecule has 0 radical (unpaired) electrons. The van der Waals surface area contributed by atoms with Crippen LogP contribution < -0.4 is 5.32 Å². The Morgan fingerprint density at radius 1 is 1.09 bits per heavy atom. The van der Waals surface area contributed by atoms with Crippen LogP contribution in [0, 0.1) is 17.7 Å². The van der Waals surface area contributed by atoms with E-state index in [2.05, 4.69) is 12.2 Å². The van der Waals surface area contributed by atoms with Crippen LogP contribution in [-0.2, 0) is 26.0 Å². The van der Waals surface area contributed by atoms with Gasteiger partial charge in [-0.15, -0.1) is 0 Å². The van der Waals surface area contributed by atoms with Crippen LogP contribution in [0.2, 0.25) is 0 Å². The molecule has 4 rings (SSSR count). The van der Waals surface area contributed by atoms with Crippen LogP contribution in [0.5, 0.6) is 0 Å². The summed E-state index contributed by atoms with van der Waals surface area (Å²) in [7, 11) is -3.55. The molecule has 2 heterocycles. The molecule has 182 valence electrons. The molecule has 2 aromatic rings. The van der Waals surface area contributed by atoms with E-state index < -0.39 is 15.9 Å². The van der Waals surface area contributed by atoms with Gasteiger partial charge in [-0.1, -0.05) is 19.1 Å². The van der Waals surface area contributed by atoms with E-state index in [1.54, 1.807) is 29.2 Å². The maximum absolute atomic E-state index is 13.0. The Labute approximate surface area is 200 Å². The fraction of sp³-hybridized carbons (Fsp3) is 0.440. The van der Waals surface area contributed by atoms with Crippen molar-refractivity contribution in [2.24, 2.45) is 11.8 Å². The smallest absolute Gasteiger partial charge is 0.243 e. The number of carbonyl (C=O) groups is 2. The maximum atomic E-state index is 13.0. The van der Waals surface area contributed by atoms with Crippen LogP contribution in [0.15, 0.2) is 53.4 Å². The average molecular weight is 488 g/mol. The molecule has 0 saturated carbocycles. The summed E-state index contributed by atoms with van der Waals surface area (Å²) in [4.78, 5) is 27.0. The summed E-state index contributed by atoms with van der Waals surface area (Å²) >= 11 is 0. The third-order valence-corrected chi connectivity index (χ3v) is 8.43. The topological polar surface area (TPSA) is 86.8 Å². The van der Waals surface area contributed by atoms with Gasteiger partial charge >= 0.3 is 0 Å². The van der Waals surface area contributed by atoms with Gasteiger partial charge < -0.3 is 10.2 Å². The number of halogens is 1. The first kappa shape index (κ1) is 24.3. The van der Waals surface area contributed by atoms with E-state index in [0.717, 1.165) is 18.4 Å². The third kappa shape index (κ3) is 5.64. The van der Waals surface area contributed by atoms with Crippen molar-refractivity contribution >= 4 is 27.5 Å². The molecule has 9 heteroatoms. The molecule has 2 fully saturated rings. The van der Waals surface area contributed by atoms with E-state index in [1.807, 2.05) is 0 Å². The van der Waals surface area contributed by atoms with Crippen molar-refractivity contribution < 1.29 is 22.4 Å². The molecule has 2 aromatic carbocycles. The fourth-order valence-corrected chi connectivity index (χ4v) is 6.15. The molecule has 0 aliphatic carbocycles. The molecule has 2 atom stereocenters. The Bertz CT molecular complexity index is 1140. The lowest BCUT2D eigenvalue weighted by Crippen LogP contribution is -2.39. The number of piperidine rings is 1. The molecule has 0 unspecified atom stereocenters. The minimum absolute atomic E-state index is 0.0838. The Morgan fingerprint density at radius 2 is 1.79 bits per heavy atom. The molecular weight excluding hydrogens is 457 g/mol. The zero-order valence-corrected chi connectivity index (χ0v) is 20.1. The Morgan fingerprint density at radius 3 is 2.47 bits per heavy atom. The van der Waals surface area contributed by atoms with E-state index in [1.165, 1.54) is 28.6 Å². The quantitative estimate of drug-likeness (QED) is 0.650. The van der Waals surface area contributed by atoms with Gasteiger partial charge in [0.05, 0.1) is 10.8 Å². The lowest BCUT2D eigenvalue weighted by atomic mass is 10.0. The first-order chi connectivity index (χ1) is 16.2. The summed E-state index contributed by atoms with van der Waals surface area (Å²) in [6, 6.07) is 12.4. The second-order valence-corrected chi connectivity index (χ2v) is 11.2. The van der Waals surface area contributed by atoms with Gasteiger partial charge in [-0.25, -0.2) is 12.8 Å². The number of likely N-dealkylation sites (tertiary alicyclic amines) is 1. The summed E-state index contributed by atoms with van der Waals surface area (Å²) < 4.78 is 40.4. The van der Waals surface area contributed by atoms with Crippen molar-refractivity contribution in [1.82, 2.24) is 9.21 Å². The fourth-order valence-electron chi connectivity index (χ4n) is 4.55. The van der Waals surface area contributed by atoms with Crippen molar-refractivity contribution in [2.75, 3.05) is 31.5 Å². The van der Waals surface area contributed by atoms with E-state index in [9.17, 15) is 22.4 Å². The summed E-state index contributed by atoms with van der Waals surface area (Å²) in [6.07, 6.45) is 2.61. The molecule has 2 aliphatic heterocycles. The second kappa shape index (κ2) is 10.2. The predicted octanol–water partition coefficient (Wildman–Crippen LogP) is 3.28. The van der Waals surface area contributed by atoms with Crippen LogP contribution in [0.3, 0.4) is 0 Å². The van der Waals surface area contributed by atoms with Crippen LogP contribution in [0.4, 0.5) is 10.1 Å². The number of sulfonamides is 1. The van der Waals surface area contributed by atoms with Gasteiger partial charge in [-0.2, -0.15) is 4.31 Å². The number of hydrogen-bond donors (Lipinski definition) is 1. The highest BCUT2D eigenvalue weighted by molar-refractivity contribution is 7.89. The summed E-state index contributed by atoms with van der Waals surface area (Å²) in [5, 5.41) is 2.80. The zero-order chi connectivity index (χ0) is 24.3. The molecule has 0 aromatic heterocycles. The van der Waals surface area contributed by atoms with E-state index >= 15 is 0 Å². The molecule has 2 saturated heterocycles. The normalized spacial score (nSPS) is 21.6. The van der Waals surface area contributed by atoms with Crippen LogP contribution in [-0.4, -0.2) is 55.6 Å². The zero-order valence-electron chi connectivity index (χ0n) is 19.2. The molecule has 2 aliphatic rings. The van der Waals surface area contributed by atoms with Crippen molar-refractivity contribution in [1.29, 1.82) is 0 Å². The molecule has 0 spiro atoms. The Hall–Kier alpha value is -2.78. The van der Waals surface area contributed by atoms with Gasteiger partial charge in [0.15, 0.2) is 0 Å². The SMILES string of the molecule is C[C@H]1CCCN(S(=O)(=O)c2ccc(NC(=O)[C@H]3CC(=O)N(CCc4ccc(F)cc4)C3)cc2)C1. The third-order valence-electron chi connectivity index (χ3n) is 6.55. The monoisotopic (exact) mass is 487 g/mol. The number of benzene rings is 2. The highest BCUT2D eigenvalue weighted by Crippen LogP contribution is 2.25. The molecule has 7 nitrogen and oxygen atoms in total. The number of anilines is 1. The highest BCUT2D eigenvalue weighted by Gasteiger charge is 2.34. The highest BCUT2D eigenvalue weighted by atomic mass is 32.2. The lowest BCUT2D eigenvalue weighted by molar-refractivity contribution is -0.128. The number of nitrogens with zero attached hydrogens (tertiary/aromatic N) is 2. The van der Waals surface area contributed by atoms with E-state index in [4.69, 9.17) is 0 Å². The van der Waals surface area contributed by atoms with Gasteiger partial charge in [0, 0.05) is 38.3 Å². The van der Waals surface area contributed by atoms with Crippen LogP contribution >= 0.6 is 0 Å². The lowest BCUT2D eigenvalue weighted by Gasteiger charge is -2.30. The van der Waals surface area contributed by atoms with Crippen LogP contribution in [0.25, 0.3) is 0 Å². The summed E-state index contributed by atoms with van der Waals surface area (Å²) in [6.45, 7) is 3.89. The number of amides is 2. The minimum Gasteiger partial charge on any atom is -0.342 e. The molecule has 0 bridgehead atoms. The van der Waals surface area contributed by atoms with E-state index in [-0.39, 0.29) is 28.9 Å². The largest absolute Gasteiger partial charge is 0.342 e. The van der Waals surface area contributed by atoms with Crippen LogP contribution in [0.1, 0.15) is 31.7 Å². The molecule has 2 amide bonds. The first-order valence-corrected chi connectivity index (χ1v) is 13.1. The predicted molar refractivity (Wildman–Crippen MR) is 127 cm³/mol. The van der Waals surface area contributed by atoms with E-state index in [0.29, 0.717) is 44.2 Å². The van der Waals surface area contributed by atoms with Gasteiger partial charge in [0.1, 0.15) is 5.82 Å². The van der Waals surface area contributed by atoms with Crippen molar-refractivity contribution in [3.05, 3.63) is 59.9 Å².